The van der Waals surface area contributed by atoms with Crippen LogP contribution in [0.25, 0.3) is 5.52 Å². The molecule has 0 fully saturated rings. The lowest BCUT2D eigenvalue weighted by Gasteiger charge is -2.12. The molecule has 0 amide bonds. The van der Waals surface area contributed by atoms with Gasteiger partial charge in [-0.05, 0) is 31.1 Å². The van der Waals surface area contributed by atoms with E-state index in [1.807, 2.05) is 30.5 Å². The molecule has 0 aromatic carbocycles. The standard InChI is InChI=1S/C13H12N2O2/c16-13(12-6-2-4-8-17-12)10-9-14-15-7-3-1-5-11(10)15/h1,3,5-7,9H,2,4,8H2. The van der Waals surface area contributed by atoms with Crippen LogP contribution in [0.2, 0.25) is 0 Å². The zero-order valence-electron chi connectivity index (χ0n) is 9.30. The lowest BCUT2D eigenvalue weighted by molar-refractivity contribution is 0.0900. The van der Waals surface area contributed by atoms with E-state index in [0.717, 1.165) is 18.4 Å². The molecular formula is C13H12N2O2. The number of ketones is 1. The van der Waals surface area contributed by atoms with E-state index in [4.69, 9.17) is 4.74 Å². The summed E-state index contributed by atoms with van der Waals surface area (Å²) >= 11 is 0. The molecule has 0 radical (unpaired) electrons. The van der Waals surface area contributed by atoms with Crippen molar-refractivity contribution in [1.82, 2.24) is 9.61 Å². The highest BCUT2D eigenvalue weighted by atomic mass is 16.5. The first kappa shape index (κ1) is 10.1. The molecule has 0 saturated carbocycles. The number of aromatic nitrogens is 2. The average molecular weight is 228 g/mol. The summed E-state index contributed by atoms with van der Waals surface area (Å²) in [7, 11) is 0. The molecule has 2 aromatic heterocycles. The van der Waals surface area contributed by atoms with Crippen LogP contribution in [0.5, 0.6) is 0 Å². The topological polar surface area (TPSA) is 43.6 Å². The molecule has 86 valence electrons. The van der Waals surface area contributed by atoms with E-state index in [1.54, 1.807) is 10.7 Å². The van der Waals surface area contributed by atoms with Crippen LogP contribution in [0.1, 0.15) is 23.2 Å². The van der Waals surface area contributed by atoms with Gasteiger partial charge in [0.2, 0.25) is 5.78 Å². The summed E-state index contributed by atoms with van der Waals surface area (Å²) in [5.74, 6) is 0.376. The second-order valence-electron chi connectivity index (χ2n) is 3.98. The highest BCUT2D eigenvalue weighted by molar-refractivity contribution is 6.11. The van der Waals surface area contributed by atoms with Gasteiger partial charge >= 0.3 is 0 Å². The maximum absolute atomic E-state index is 12.2. The second kappa shape index (κ2) is 4.05. The number of allylic oxidation sites excluding steroid dienone is 2. The maximum atomic E-state index is 12.2. The highest BCUT2D eigenvalue weighted by Gasteiger charge is 2.19. The minimum atomic E-state index is -0.0779. The number of hydrogen-bond acceptors (Lipinski definition) is 3. The van der Waals surface area contributed by atoms with Crippen LogP contribution < -0.4 is 0 Å². The largest absolute Gasteiger partial charge is 0.490 e. The Labute approximate surface area is 98.5 Å². The third-order valence-corrected chi connectivity index (χ3v) is 2.83. The molecule has 0 spiro atoms. The normalized spacial score (nSPS) is 15.4. The SMILES string of the molecule is O=C(C1=CCCCO1)c1cnn2ccccc12. The summed E-state index contributed by atoms with van der Waals surface area (Å²) in [4.78, 5) is 12.2. The Morgan fingerprint density at radius 2 is 2.35 bits per heavy atom. The highest BCUT2D eigenvalue weighted by Crippen LogP contribution is 2.18. The molecule has 0 aliphatic carbocycles. The molecule has 0 atom stereocenters. The number of rotatable bonds is 2. The van der Waals surface area contributed by atoms with E-state index >= 15 is 0 Å². The smallest absolute Gasteiger partial charge is 0.230 e. The molecule has 1 aliphatic rings. The first-order valence-electron chi connectivity index (χ1n) is 5.66. The van der Waals surface area contributed by atoms with Crippen molar-refractivity contribution in [2.45, 2.75) is 12.8 Å². The molecule has 2 aromatic rings. The molecule has 0 N–H and O–H groups in total. The van der Waals surface area contributed by atoms with Crippen molar-refractivity contribution in [3.63, 3.8) is 0 Å². The van der Waals surface area contributed by atoms with Crippen molar-refractivity contribution < 1.29 is 9.53 Å². The molecule has 4 heteroatoms. The quantitative estimate of drug-likeness (QED) is 0.740. The Kier molecular flexibility index (Phi) is 2.40. The molecule has 1 aliphatic heterocycles. The van der Waals surface area contributed by atoms with E-state index < -0.39 is 0 Å². The van der Waals surface area contributed by atoms with E-state index in [2.05, 4.69) is 5.10 Å². The number of Topliss-reactive ketones (excluding diaryl/α,β-unsaturated/α-hetero) is 1. The molecule has 0 saturated heterocycles. The predicted molar refractivity (Wildman–Crippen MR) is 62.8 cm³/mol. The summed E-state index contributed by atoms with van der Waals surface area (Å²) in [5.41, 5.74) is 1.41. The summed E-state index contributed by atoms with van der Waals surface area (Å²) in [6.07, 6.45) is 7.16. The van der Waals surface area contributed by atoms with Crippen LogP contribution in [-0.4, -0.2) is 22.0 Å². The van der Waals surface area contributed by atoms with Crippen molar-refractivity contribution >= 4 is 11.3 Å². The zero-order valence-corrected chi connectivity index (χ0v) is 9.30. The molecule has 0 unspecified atom stereocenters. The number of nitrogens with zero attached hydrogens (tertiary/aromatic N) is 2. The van der Waals surface area contributed by atoms with Crippen LogP contribution >= 0.6 is 0 Å². The Bertz CT molecular complexity index is 598. The third kappa shape index (κ3) is 1.71. The summed E-state index contributed by atoms with van der Waals surface area (Å²) in [6, 6.07) is 5.65. The molecule has 17 heavy (non-hydrogen) atoms. The second-order valence-corrected chi connectivity index (χ2v) is 3.98. The number of pyridine rings is 1. The van der Waals surface area contributed by atoms with Crippen molar-refractivity contribution in [3.05, 3.63) is 48.0 Å². The Morgan fingerprint density at radius 1 is 1.41 bits per heavy atom. The molecule has 4 nitrogen and oxygen atoms in total. The molecule has 0 bridgehead atoms. The van der Waals surface area contributed by atoms with Crippen molar-refractivity contribution in [2.75, 3.05) is 6.61 Å². The minimum absolute atomic E-state index is 0.0779. The first-order chi connectivity index (χ1) is 8.36. The van der Waals surface area contributed by atoms with Crippen LogP contribution in [-0.2, 0) is 4.74 Å². The van der Waals surface area contributed by atoms with Gasteiger partial charge in [0.15, 0.2) is 5.76 Å². The number of ether oxygens (including phenoxy) is 1. The fraction of sp³-hybridized carbons (Fsp3) is 0.231. The minimum Gasteiger partial charge on any atom is -0.490 e. The van der Waals surface area contributed by atoms with Crippen LogP contribution in [0.3, 0.4) is 0 Å². The Morgan fingerprint density at radius 3 is 3.18 bits per heavy atom. The Hall–Kier alpha value is -2.10. The van der Waals surface area contributed by atoms with Gasteiger partial charge in [-0.3, -0.25) is 4.79 Å². The van der Waals surface area contributed by atoms with Gasteiger partial charge in [0.05, 0.1) is 23.9 Å². The maximum Gasteiger partial charge on any atom is 0.230 e. The van der Waals surface area contributed by atoms with Gasteiger partial charge in [-0.25, -0.2) is 4.52 Å². The first-order valence-corrected chi connectivity index (χ1v) is 5.66. The van der Waals surface area contributed by atoms with Gasteiger partial charge in [-0.15, -0.1) is 0 Å². The zero-order chi connectivity index (χ0) is 11.7. The fourth-order valence-corrected chi connectivity index (χ4v) is 1.96. The van der Waals surface area contributed by atoms with Crippen LogP contribution in [0, 0.1) is 0 Å². The summed E-state index contributed by atoms with van der Waals surface area (Å²) < 4.78 is 7.08. The molecule has 3 heterocycles. The van der Waals surface area contributed by atoms with E-state index in [0.29, 0.717) is 17.9 Å². The van der Waals surface area contributed by atoms with Crippen molar-refractivity contribution in [2.24, 2.45) is 0 Å². The van der Waals surface area contributed by atoms with Gasteiger partial charge in [-0.1, -0.05) is 6.07 Å². The van der Waals surface area contributed by atoms with Crippen molar-refractivity contribution in [3.8, 4) is 0 Å². The van der Waals surface area contributed by atoms with Gasteiger partial charge in [0, 0.05) is 6.20 Å². The summed E-state index contributed by atoms with van der Waals surface area (Å²) in [5, 5.41) is 4.15. The van der Waals surface area contributed by atoms with Gasteiger partial charge in [0.25, 0.3) is 0 Å². The number of carbonyl (C=O) groups excluding carboxylic acids is 1. The van der Waals surface area contributed by atoms with Crippen LogP contribution in [0.4, 0.5) is 0 Å². The molecular weight excluding hydrogens is 216 g/mol. The summed E-state index contributed by atoms with van der Waals surface area (Å²) in [6.45, 7) is 0.622. The number of carbonyl (C=O) groups is 1. The predicted octanol–water partition coefficient (Wildman–Crippen LogP) is 2.21. The fourth-order valence-electron chi connectivity index (χ4n) is 1.96. The lowest BCUT2D eigenvalue weighted by Crippen LogP contribution is -2.11. The molecule has 3 rings (SSSR count). The average Bonchev–Trinajstić information content (AvgIpc) is 2.83. The van der Waals surface area contributed by atoms with E-state index in [1.165, 1.54) is 0 Å². The Balaban J connectivity index is 2.03. The van der Waals surface area contributed by atoms with Gasteiger partial charge in [-0.2, -0.15) is 5.10 Å². The third-order valence-electron chi connectivity index (χ3n) is 2.83. The van der Waals surface area contributed by atoms with E-state index in [9.17, 15) is 4.79 Å². The monoisotopic (exact) mass is 228 g/mol. The number of fused-ring (bicyclic) bond motifs is 1. The van der Waals surface area contributed by atoms with Gasteiger partial charge < -0.3 is 4.74 Å². The van der Waals surface area contributed by atoms with Crippen molar-refractivity contribution in [1.29, 1.82) is 0 Å². The lowest BCUT2D eigenvalue weighted by atomic mass is 10.1. The van der Waals surface area contributed by atoms with E-state index in [-0.39, 0.29) is 5.78 Å². The van der Waals surface area contributed by atoms with Crippen LogP contribution in [0.15, 0.2) is 42.4 Å². The number of hydrogen-bond donors (Lipinski definition) is 0. The van der Waals surface area contributed by atoms with Gasteiger partial charge in [0.1, 0.15) is 0 Å².